The molecular weight excluding hydrogens is 561 g/mol. The number of benzene rings is 3. The molecule has 0 saturated carbocycles. The van der Waals surface area contributed by atoms with E-state index in [0.717, 1.165) is 0 Å². The third-order valence-corrected chi connectivity index (χ3v) is 8.89. The van der Waals surface area contributed by atoms with Crippen LogP contribution in [-0.4, -0.2) is 77.2 Å². The second-order valence-electron chi connectivity index (χ2n) is 10.6. The van der Waals surface area contributed by atoms with Gasteiger partial charge in [-0.3, -0.25) is 14.4 Å². The van der Waals surface area contributed by atoms with Gasteiger partial charge in [0.1, 0.15) is 23.9 Å². The van der Waals surface area contributed by atoms with Crippen molar-refractivity contribution in [3.63, 3.8) is 0 Å². The third kappa shape index (κ3) is 7.39. The maximum atomic E-state index is 14.6. The lowest BCUT2D eigenvalue weighted by Crippen LogP contribution is -2.46. The Balaban J connectivity index is 1.66. The molecule has 4 rings (SSSR count). The number of rotatable bonds is 7. The zero-order valence-corrected chi connectivity index (χ0v) is 25.4. The fourth-order valence-electron chi connectivity index (χ4n) is 4.96. The van der Waals surface area contributed by atoms with E-state index in [1.807, 2.05) is 19.9 Å². The van der Waals surface area contributed by atoms with E-state index in [1.165, 1.54) is 31.4 Å². The van der Waals surface area contributed by atoms with Crippen LogP contribution < -0.4 is 14.2 Å². The first-order valence-corrected chi connectivity index (χ1v) is 15.2. The molecule has 42 heavy (non-hydrogen) atoms. The van der Waals surface area contributed by atoms with Crippen molar-refractivity contribution in [2.24, 2.45) is 5.92 Å². The van der Waals surface area contributed by atoms with Crippen LogP contribution in [0.3, 0.4) is 0 Å². The number of sulfonamides is 1. The lowest BCUT2D eigenvalue weighted by molar-refractivity contribution is 0.00904. The van der Waals surface area contributed by atoms with E-state index in [0.29, 0.717) is 30.2 Å². The molecule has 3 aromatic rings. The number of nitrogens with one attached hydrogen (secondary N) is 1. The Kier molecular flexibility index (Phi) is 10.1. The SMILES string of the molecule is COc1cccc(S(=O)(=O)Nc2ccc3c(c2)C(=O)N(C)C[C@@H](OC)[C@@H](C)CN(Cc2ccccc2F)[C@H](C)CO3)c1. The Morgan fingerprint density at radius 1 is 1.02 bits per heavy atom. The first-order chi connectivity index (χ1) is 20.0. The molecule has 0 unspecified atom stereocenters. The van der Waals surface area contributed by atoms with Gasteiger partial charge in [0.05, 0.1) is 23.7 Å². The third-order valence-electron chi connectivity index (χ3n) is 7.51. The highest BCUT2D eigenvalue weighted by Gasteiger charge is 2.29. The molecule has 0 bridgehead atoms. The highest BCUT2D eigenvalue weighted by atomic mass is 32.2. The van der Waals surface area contributed by atoms with Crippen molar-refractivity contribution in [1.29, 1.82) is 0 Å². The fourth-order valence-corrected chi connectivity index (χ4v) is 6.05. The standard InChI is InChI=1S/C31H38FN3O6S/c1-21-17-35(18-23-9-6-7-12-28(23)32)22(2)20-41-29-14-13-24(15-27(29)31(36)34(3)19-30(21)40-5)33-42(37,38)26-11-8-10-25(16-26)39-4/h6-16,21-22,30,33H,17-20H2,1-5H3/t21-,22+,30+/m0/s1. The van der Waals surface area contributed by atoms with Crippen LogP contribution in [0, 0.1) is 11.7 Å². The molecule has 1 N–H and O–H groups in total. The average molecular weight is 600 g/mol. The second-order valence-corrected chi connectivity index (χ2v) is 12.3. The van der Waals surface area contributed by atoms with Gasteiger partial charge in [-0.2, -0.15) is 0 Å². The zero-order valence-electron chi connectivity index (χ0n) is 24.5. The summed E-state index contributed by atoms with van der Waals surface area (Å²) in [5.41, 5.74) is 0.998. The minimum absolute atomic E-state index is 0.000576. The molecule has 3 aromatic carbocycles. The summed E-state index contributed by atoms with van der Waals surface area (Å²) in [5, 5.41) is 0. The van der Waals surface area contributed by atoms with Crippen molar-refractivity contribution in [2.45, 2.75) is 37.4 Å². The van der Waals surface area contributed by atoms with Gasteiger partial charge in [-0.1, -0.05) is 31.2 Å². The van der Waals surface area contributed by atoms with Crippen LogP contribution in [0.25, 0.3) is 0 Å². The van der Waals surface area contributed by atoms with Gasteiger partial charge in [0.15, 0.2) is 0 Å². The Morgan fingerprint density at radius 3 is 2.50 bits per heavy atom. The molecule has 1 amide bonds. The number of ether oxygens (including phenoxy) is 3. The molecule has 226 valence electrons. The Hall–Kier alpha value is -3.67. The van der Waals surface area contributed by atoms with Crippen molar-refractivity contribution in [3.8, 4) is 11.5 Å². The molecule has 0 radical (unpaired) electrons. The summed E-state index contributed by atoms with van der Waals surface area (Å²) < 4.78 is 60.5. The van der Waals surface area contributed by atoms with Crippen molar-refractivity contribution in [2.75, 3.05) is 45.7 Å². The molecule has 0 spiro atoms. The Labute approximate surface area is 247 Å². The average Bonchev–Trinajstić information content (AvgIpc) is 2.98. The van der Waals surface area contributed by atoms with Gasteiger partial charge in [0.2, 0.25) is 0 Å². The monoisotopic (exact) mass is 599 g/mol. The van der Waals surface area contributed by atoms with Crippen molar-refractivity contribution >= 4 is 21.6 Å². The zero-order chi connectivity index (χ0) is 30.4. The van der Waals surface area contributed by atoms with Crippen LogP contribution in [0.15, 0.2) is 71.6 Å². The molecule has 9 nitrogen and oxygen atoms in total. The predicted molar refractivity (Wildman–Crippen MR) is 159 cm³/mol. The second kappa shape index (κ2) is 13.5. The molecule has 0 fully saturated rings. The van der Waals surface area contributed by atoms with E-state index in [4.69, 9.17) is 14.2 Å². The number of fused-ring (bicyclic) bond motifs is 1. The van der Waals surface area contributed by atoms with Crippen LogP contribution in [0.5, 0.6) is 11.5 Å². The summed E-state index contributed by atoms with van der Waals surface area (Å²) in [6.45, 7) is 5.52. The predicted octanol–water partition coefficient (Wildman–Crippen LogP) is 4.64. The summed E-state index contributed by atoms with van der Waals surface area (Å²) >= 11 is 0. The summed E-state index contributed by atoms with van der Waals surface area (Å²) in [7, 11) is 0.772. The Morgan fingerprint density at radius 2 is 1.79 bits per heavy atom. The van der Waals surface area contributed by atoms with Gasteiger partial charge >= 0.3 is 0 Å². The van der Waals surface area contributed by atoms with Crippen LogP contribution in [0.2, 0.25) is 0 Å². The van der Waals surface area contributed by atoms with Crippen LogP contribution in [0.4, 0.5) is 10.1 Å². The maximum absolute atomic E-state index is 14.6. The van der Waals surface area contributed by atoms with E-state index < -0.39 is 10.0 Å². The minimum atomic E-state index is -3.97. The first-order valence-electron chi connectivity index (χ1n) is 13.7. The summed E-state index contributed by atoms with van der Waals surface area (Å²) in [6, 6.07) is 17.3. The van der Waals surface area contributed by atoms with E-state index in [-0.39, 0.29) is 59.1 Å². The molecule has 1 aliphatic heterocycles. The van der Waals surface area contributed by atoms with E-state index >= 15 is 0 Å². The maximum Gasteiger partial charge on any atom is 0.262 e. The quantitative estimate of drug-likeness (QED) is 0.423. The van der Waals surface area contributed by atoms with Crippen molar-refractivity contribution < 1.29 is 31.8 Å². The number of anilines is 1. The highest BCUT2D eigenvalue weighted by Crippen LogP contribution is 2.28. The number of carbonyl (C=O) groups is 1. The summed E-state index contributed by atoms with van der Waals surface area (Å²) in [5.74, 6) is 0.113. The molecule has 0 aromatic heterocycles. The minimum Gasteiger partial charge on any atom is -0.497 e. The normalized spacial score (nSPS) is 20.6. The van der Waals surface area contributed by atoms with E-state index in [2.05, 4.69) is 9.62 Å². The largest absolute Gasteiger partial charge is 0.497 e. The number of nitrogens with zero attached hydrogens (tertiary/aromatic N) is 2. The topological polar surface area (TPSA) is 97.4 Å². The van der Waals surface area contributed by atoms with Gasteiger partial charge in [-0.05, 0) is 49.2 Å². The van der Waals surface area contributed by atoms with Crippen LogP contribution in [0.1, 0.15) is 29.8 Å². The smallest absolute Gasteiger partial charge is 0.262 e. The van der Waals surface area contributed by atoms with Crippen LogP contribution in [-0.2, 0) is 21.3 Å². The van der Waals surface area contributed by atoms with Gasteiger partial charge in [0.25, 0.3) is 15.9 Å². The van der Waals surface area contributed by atoms with Gasteiger partial charge in [-0.15, -0.1) is 0 Å². The van der Waals surface area contributed by atoms with Gasteiger partial charge in [0, 0.05) is 57.2 Å². The van der Waals surface area contributed by atoms with Crippen LogP contribution >= 0.6 is 0 Å². The molecular formula is C31H38FN3O6S. The number of methoxy groups -OCH3 is 2. The molecule has 1 heterocycles. The van der Waals surface area contributed by atoms with E-state index in [1.54, 1.807) is 55.5 Å². The Bertz CT molecular complexity index is 1500. The fraction of sp³-hybridized carbons (Fsp3) is 0.387. The van der Waals surface area contributed by atoms with E-state index in [9.17, 15) is 17.6 Å². The van der Waals surface area contributed by atoms with Crippen molar-refractivity contribution in [3.05, 3.63) is 83.7 Å². The number of amides is 1. The molecule has 1 aliphatic rings. The highest BCUT2D eigenvalue weighted by molar-refractivity contribution is 7.92. The van der Waals surface area contributed by atoms with Gasteiger partial charge in [-0.25, -0.2) is 12.8 Å². The number of likely N-dealkylation sites (N-methyl/N-ethyl adjacent to an activating group) is 1. The van der Waals surface area contributed by atoms with Gasteiger partial charge < -0.3 is 19.1 Å². The molecule has 3 atom stereocenters. The number of hydrogen-bond donors (Lipinski definition) is 1. The number of carbonyl (C=O) groups excluding carboxylic acids is 1. The number of halogens is 1. The molecule has 0 aliphatic carbocycles. The molecule has 0 saturated heterocycles. The summed E-state index contributed by atoms with van der Waals surface area (Å²) in [4.78, 5) is 17.4. The molecule has 11 heteroatoms. The lowest BCUT2D eigenvalue weighted by atomic mass is 10.0. The summed E-state index contributed by atoms with van der Waals surface area (Å²) in [6.07, 6.45) is -0.298. The van der Waals surface area contributed by atoms with Crippen molar-refractivity contribution in [1.82, 2.24) is 9.80 Å². The number of hydrogen-bond acceptors (Lipinski definition) is 7. The lowest BCUT2D eigenvalue weighted by Gasteiger charge is -2.36. The first kappa shape index (κ1) is 31.3.